The number of unbranched alkanes of at least 4 members (excludes halogenated alkanes) is 1. The highest BCUT2D eigenvalue weighted by Gasteiger charge is 2.43. The number of halogens is 1. The molecule has 23 heavy (non-hydrogen) atoms. The topological polar surface area (TPSA) is 50.9 Å². The maximum absolute atomic E-state index is 11.4. The first kappa shape index (κ1) is 18.0. The average molecular weight is 336 g/mol. The normalized spacial score (nSPS) is 14.7. The molecule has 0 bridgehead atoms. The van der Waals surface area contributed by atoms with Crippen molar-refractivity contribution in [1.29, 1.82) is 0 Å². The molecule has 0 aliphatic carbocycles. The molecule has 0 aliphatic heterocycles. The van der Waals surface area contributed by atoms with Gasteiger partial charge in [0.1, 0.15) is 12.7 Å². The summed E-state index contributed by atoms with van der Waals surface area (Å²) in [7, 11) is 0. The minimum absolute atomic E-state index is 0.304. The Kier molecular flexibility index (Phi) is 5.82. The maximum atomic E-state index is 11.4. The lowest BCUT2D eigenvalue weighted by Gasteiger charge is -2.43. The molecule has 5 heteroatoms. The van der Waals surface area contributed by atoms with Gasteiger partial charge in [0, 0.05) is 5.02 Å². The minimum Gasteiger partial charge on any atom is -0.387 e. The SMILES string of the molecule is CCCCC(O)(Cn1cncn1)C(C)(C)Cc1ccc(Cl)cc1. The average Bonchev–Trinajstić information content (AvgIpc) is 3.00. The van der Waals surface area contributed by atoms with Crippen molar-refractivity contribution in [3.8, 4) is 0 Å². The van der Waals surface area contributed by atoms with Gasteiger partial charge in [0.25, 0.3) is 0 Å². The van der Waals surface area contributed by atoms with Crippen LogP contribution in [0.3, 0.4) is 0 Å². The lowest BCUT2D eigenvalue weighted by atomic mass is 9.68. The summed E-state index contributed by atoms with van der Waals surface area (Å²) in [6.07, 6.45) is 6.72. The highest BCUT2D eigenvalue weighted by molar-refractivity contribution is 6.30. The number of aliphatic hydroxyl groups is 1. The van der Waals surface area contributed by atoms with Crippen molar-refractivity contribution >= 4 is 11.6 Å². The summed E-state index contributed by atoms with van der Waals surface area (Å²) in [6, 6.07) is 7.85. The Morgan fingerprint density at radius 1 is 1.22 bits per heavy atom. The van der Waals surface area contributed by atoms with Gasteiger partial charge in [-0.1, -0.05) is 57.3 Å². The van der Waals surface area contributed by atoms with Crippen molar-refractivity contribution < 1.29 is 5.11 Å². The van der Waals surface area contributed by atoms with Crippen molar-refractivity contribution in [2.45, 2.75) is 58.6 Å². The van der Waals surface area contributed by atoms with Crippen LogP contribution in [0, 0.1) is 5.41 Å². The molecular weight excluding hydrogens is 310 g/mol. The van der Waals surface area contributed by atoms with E-state index in [4.69, 9.17) is 11.6 Å². The van der Waals surface area contributed by atoms with Crippen LogP contribution in [0.5, 0.6) is 0 Å². The van der Waals surface area contributed by atoms with E-state index < -0.39 is 5.60 Å². The molecule has 2 rings (SSSR count). The molecule has 0 saturated carbocycles. The van der Waals surface area contributed by atoms with Gasteiger partial charge < -0.3 is 5.11 Å². The molecule has 4 nitrogen and oxygen atoms in total. The van der Waals surface area contributed by atoms with Gasteiger partial charge in [-0.2, -0.15) is 5.10 Å². The van der Waals surface area contributed by atoms with E-state index in [1.54, 1.807) is 11.0 Å². The number of hydrogen-bond donors (Lipinski definition) is 1. The van der Waals surface area contributed by atoms with Crippen LogP contribution in [-0.2, 0) is 13.0 Å². The van der Waals surface area contributed by atoms with Gasteiger partial charge in [-0.15, -0.1) is 0 Å². The molecule has 0 radical (unpaired) electrons. The highest BCUT2D eigenvalue weighted by atomic mass is 35.5. The summed E-state index contributed by atoms with van der Waals surface area (Å²) >= 11 is 5.97. The second-order valence-electron chi connectivity index (χ2n) is 6.92. The number of benzene rings is 1. The summed E-state index contributed by atoms with van der Waals surface area (Å²) in [4.78, 5) is 3.99. The quantitative estimate of drug-likeness (QED) is 0.789. The summed E-state index contributed by atoms with van der Waals surface area (Å²) in [5, 5.41) is 16.3. The highest BCUT2D eigenvalue weighted by Crippen LogP contribution is 2.39. The Morgan fingerprint density at radius 2 is 1.91 bits per heavy atom. The molecule has 1 heterocycles. The molecule has 126 valence electrons. The first-order chi connectivity index (χ1) is 10.9. The lowest BCUT2D eigenvalue weighted by Crippen LogP contribution is -2.49. The van der Waals surface area contributed by atoms with E-state index in [2.05, 4.69) is 30.9 Å². The Bertz CT molecular complexity index is 595. The standard InChI is InChI=1S/C18H26ClN3O/c1-4-5-10-18(23,12-22-14-20-13-21-22)17(2,3)11-15-6-8-16(19)9-7-15/h6-9,13-14,23H,4-5,10-12H2,1-3H3. The number of aromatic nitrogens is 3. The van der Waals surface area contributed by atoms with Crippen molar-refractivity contribution in [1.82, 2.24) is 14.8 Å². The molecule has 1 unspecified atom stereocenters. The van der Waals surface area contributed by atoms with Gasteiger partial charge in [0.15, 0.2) is 0 Å². The summed E-state index contributed by atoms with van der Waals surface area (Å²) in [6.45, 7) is 6.83. The Hall–Kier alpha value is -1.39. The van der Waals surface area contributed by atoms with E-state index in [1.807, 2.05) is 24.3 Å². The monoisotopic (exact) mass is 335 g/mol. The number of rotatable bonds is 8. The second-order valence-corrected chi connectivity index (χ2v) is 7.35. The zero-order valence-electron chi connectivity index (χ0n) is 14.2. The van der Waals surface area contributed by atoms with E-state index in [1.165, 1.54) is 11.9 Å². The van der Waals surface area contributed by atoms with E-state index in [0.717, 1.165) is 30.7 Å². The van der Waals surface area contributed by atoms with Crippen molar-refractivity contribution in [2.24, 2.45) is 5.41 Å². The second kappa shape index (κ2) is 7.45. The van der Waals surface area contributed by atoms with Gasteiger partial charge in [0.2, 0.25) is 0 Å². The predicted octanol–water partition coefficient (Wildman–Crippen LogP) is 4.12. The fraction of sp³-hybridized carbons (Fsp3) is 0.556. The van der Waals surface area contributed by atoms with Gasteiger partial charge >= 0.3 is 0 Å². The van der Waals surface area contributed by atoms with Crippen molar-refractivity contribution in [3.63, 3.8) is 0 Å². The fourth-order valence-electron chi connectivity index (χ4n) is 2.96. The zero-order valence-corrected chi connectivity index (χ0v) is 14.9. The first-order valence-corrected chi connectivity index (χ1v) is 8.53. The van der Waals surface area contributed by atoms with Gasteiger partial charge in [-0.25, -0.2) is 4.98 Å². The molecule has 1 aromatic heterocycles. The Morgan fingerprint density at radius 3 is 2.48 bits per heavy atom. The van der Waals surface area contributed by atoms with Gasteiger partial charge in [-0.05, 0) is 36.0 Å². The third-order valence-corrected chi connectivity index (χ3v) is 4.91. The van der Waals surface area contributed by atoms with Crippen molar-refractivity contribution in [3.05, 3.63) is 47.5 Å². The molecule has 1 N–H and O–H groups in total. The molecule has 0 fully saturated rings. The van der Waals surface area contributed by atoms with Crippen LogP contribution in [0.25, 0.3) is 0 Å². The molecular formula is C18H26ClN3O. The number of nitrogens with zero attached hydrogens (tertiary/aromatic N) is 3. The zero-order chi connectivity index (χ0) is 16.9. The van der Waals surface area contributed by atoms with Gasteiger partial charge in [0.05, 0.1) is 12.1 Å². The fourth-order valence-corrected chi connectivity index (χ4v) is 3.09. The minimum atomic E-state index is -0.851. The van der Waals surface area contributed by atoms with Crippen LogP contribution in [0.2, 0.25) is 5.02 Å². The summed E-state index contributed by atoms with van der Waals surface area (Å²) < 4.78 is 1.72. The molecule has 0 saturated heterocycles. The molecule has 0 aliphatic rings. The van der Waals surface area contributed by atoms with E-state index in [9.17, 15) is 5.11 Å². The van der Waals surface area contributed by atoms with Crippen LogP contribution in [0.4, 0.5) is 0 Å². The van der Waals surface area contributed by atoms with Crippen LogP contribution in [0.1, 0.15) is 45.6 Å². The summed E-state index contributed by atoms with van der Waals surface area (Å²) in [5.74, 6) is 0. The third kappa shape index (κ3) is 4.55. The molecule has 0 spiro atoms. The van der Waals surface area contributed by atoms with E-state index in [0.29, 0.717) is 6.54 Å². The van der Waals surface area contributed by atoms with E-state index >= 15 is 0 Å². The maximum Gasteiger partial charge on any atom is 0.137 e. The third-order valence-electron chi connectivity index (χ3n) is 4.65. The van der Waals surface area contributed by atoms with E-state index in [-0.39, 0.29) is 5.41 Å². The lowest BCUT2D eigenvalue weighted by molar-refractivity contribution is -0.0898. The van der Waals surface area contributed by atoms with Crippen LogP contribution in [-0.4, -0.2) is 25.5 Å². The van der Waals surface area contributed by atoms with Crippen LogP contribution >= 0.6 is 11.6 Å². The molecule has 2 aromatic rings. The molecule has 0 amide bonds. The number of hydrogen-bond acceptors (Lipinski definition) is 3. The first-order valence-electron chi connectivity index (χ1n) is 8.15. The summed E-state index contributed by atoms with van der Waals surface area (Å²) in [5.41, 5.74) is 0.0195. The molecule has 1 atom stereocenters. The van der Waals surface area contributed by atoms with Crippen molar-refractivity contribution in [2.75, 3.05) is 0 Å². The molecule has 1 aromatic carbocycles. The Labute approximate surface area is 143 Å². The Balaban J connectivity index is 2.22. The van der Waals surface area contributed by atoms with Gasteiger partial charge in [-0.3, -0.25) is 4.68 Å². The van der Waals surface area contributed by atoms with Crippen LogP contribution in [0.15, 0.2) is 36.9 Å². The smallest absolute Gasteiger partial charge is 0.137 e. The van der Waals surface area contributed by atoms with Crippen LogP contribution < -0.4 is 0 Å². The predicted molar refractivity (Wildman–Crippen MR) is 93.4 cm³/mol. The largest absolute Gasteiger partial charge is 0.387 e.